The third-order valence-corrected chi connectivity index (χ3v) is 3.84. The lowest BCUT2D eigenvalue weighted by Crippen LogP contribution is -2.06. The molecule has 22 heavy (non-hydrogen) atoms. The maximum absolute atomic E-state index is 9.93. The Bertz CT molecular complexity index is 425. The summed E-state index contributed by atoms with van der Waals surface area (Å²) < 4.78 is 5.66. The second kappa shape index (κ2) is 11.4. The Morgan fingerprint density at radius 3 is 2.36 bits per heavy atom. The van der Waals surface area contributed by atoms with E-state index in [2.05, 4.69) is 4.98 Å². The van der Waals surface area contributed by atoms with Crippen LogP contribution >= 0.6 is 0 Å². The summed E-state index contributed by atoms with van der Waals surface area (Å²) in [5.41, 5.74) is 7.89. The summed E-state index contributed by atoms with van der Waals surface area (Å²) in [5.74, 6) is 0.187. The van der Waals surface area contributed by atoms with Gasteiger partial charge in [0.2, 0.25) is 0 Å². The summed E-state index contributed by atoms with van der Waals surface area (Å²) >= 11 is 0. The third-order valence-electron chi connectivity index (χ3n) is 3.84. The molecule has 0 radical (unpaired) electrons. The monoisotopic (exact) mass is 310 g/mol. The number of aryl methyl sites for hydroxylation is 1. The molecule has 4 N–H and O–H groups in total. The first-order valence-corrected chi connectivity index (χ1v) is 8.25. The van der Waals surface area contributed by atoms with Gasteiger partial charge in [0.1, 0.15) is 5.75 Å². The van der Waals surface area contributed by atoms with Crippen molar-refractivity contribution < 1.29 is 14.9 Å². The zero-order valence-corrected chi connectivity index (χ0v) is 13.7. The molecule has 0 aliphatic heterocycles. The van der Waals surface area contributed by atoms with Crippen molar-refractivity contribution in [1.82, 2.24) is 4.98 Å². The molecular weight excluding hydrogens is 280 g/mol. The SMILES string of the molecule is Cc1ncc(COCCCCCCCCCO)c(CN)c1O. The number of nitrogens with zero attached hydrogens (tertiary/aromatic N) is 1. The number of rotatable bonds is 12. The van der Waals surface area contributed by atoms with Crippen molar-refractivity contribution in [2.45, 2.75) is 65.0 Å². The fourth-order valence-corrected chi connectivity index (χ4v) is 2.42. The van der Waals surface area contributed by atoms with Crippen molar-refractivity contribution in [2.75, 3.05) is 13.2 Å². The van der Waals surface area contributed by atoms with Gasteiger partial charge >= 0.3 is 0 Å². The Morgan fingerprint density at radius 1 is 1.09 bits per heavy atom. The zero-order valence-electron chi connectivity index (χ0n) is 13.7. The molecule has 0 saturated heterocycles. The van der Waals surface area contributed by atoms with Crippen LogP contribution < -0.4 is 5.73 Å². The van der Waals surface area contributed by atoms with Crippen LogP contribution in [0.4, 0.5) is 0 Å². The lowest BCUT2D eigenvalue weighted by atomic mass is 10.1. The van der Waals surface area contributed by atoms with E-state index in [0.717, 1.165) is 37.0 Å². The Balaban J connectivity index is 2.14. The van der Waals surface area contributed by atoms with Crippen LogP contribution in [0.3, 0.4) is 0 Å². The van der Waals surface area contributed by atoms with Gasteiger partial charge in [-0.2, -0.15) is 0 Å². The fraction of sp³-hybridized carbons (Fsp3) is 0.706. The van der Waals surface area contributed by atoms with Gasteiger partial charge in [-0.3, -0.25) is 4.98 Å². The average Bonchev–Trinajstić information content (AvgIpc) is 2.52. The highest BCUT2D eigenvalue weighted by Crippen LogP contribution is 2.23. The van der Waals surface area contributed by atoms with Gasteiger partial charge in [-0.25, -0.2) is 0 Å². The molecular formula is C17H30N2O3. The van der Waals surface area contributed by atoms with E-state index in [-0.39, 0.29) is 5.75 Å². The van der Waals surface area contributed by atoms with Crippen LogP contribution in [0.1, 0.15) is 61.8 Å². The summed E-state index contributed by atoms with van der Waals surface area (Å²) in [7, 11) is 0. The molecule has 0 amide bonds. The van der Waals surface area contributed by atoms with Crippen LogP contribution in [0, 0.1) is 6.92 Å². The van der Waals surface area contributed by atoms with E-state index in [1.54, 1.807) is 13.1 Å². The van der Waals surface area contributed by atoms with E-state index >= 15 is 0 Å². The van der Waals surface area contributed by atoms with Gasteiger partial charge in [0.15, 0.2) is 0 Å². The maximum Gasteiger partial charge on any atom is 0.141 e. The Hall–Kier alpha value is -1.17. The number of pyridine rings is 1. The van der Waals surface area contributed by atoms with E-state index in [1.807, 2.05) is 0 Å². The predicted molar refractivity (Wildman–Crippen MR) is 87.6 cm³/mol. The second-order valence-corrected chi connectivity index (χ2v) is 5.65. The van der Waals surface area contributed by atoms with E-state index in [4.69, 9.17) is 15.6 Å². The molecule has 5 heteroatoms. The van der Waals surface area contributed by atoms with Gasteiger partial charge in [0.05, 0.1) is 12.3 Å². The quantitative estimate of drug-likeness (QED) is 0.517. The molecule has 0 aliphatic carbocycles. The highest BCUT2D eigenvalue weighted by molar-refractivity contribution is 5.40. The highest BCUT2D eigenvalue weighted by atomic mass is 16.5. The van der Waals surface area contributed by atoms with Crippen LogP contribution in [0.5, 0.6) is 5.75 Å². The van der Waals surface area contributed by atoms with Gasteiger partial charge in [-0.15, -0.1) is 0 Å². The molecule has 5 nitrogen and oxygen atoms in total. The van der Waals surface area contributed by atoms with Crippen LogP contribution in [-0.2, 0) is 17.9 Å². The minimum absolute atomic E-state index is 0.187. The van der Waals surface area contributed by atoms with E-state index in [0.29, 0.717) is 25.5 Å². The van der Waals surface area contributed by atoms with Gasteiger partial charge in [-0.05, 0) is 19.8 Å². The molecule has 126 valence electrons. The third kappa shape index (κ3) is 6.73. The molecule has 0 bridgehead atoms. The Morgan fingerprint density at radius 2 is 1.73 bits per heavy atom. The molecule has 0 saturated carbocycles. The minimum atomic E-state index is 0.187. The normalized spacial score (nSPS) is 11.0. The molecule has 1 heterocycles. The van der Waals surface area contributed by atoms with E-state index in [1.165, 1.54) is 25.7 Å². The first kappa shape index (κ1) is 18.9. The summed E-state index contributed by atoms with van der Waals surface area (Å²) in [5, 5.41) is 18.6. The first-order chi connectivity index (χ1) is 10.7. The lowest BCUT2D eigenvalue weighted by Gasteiger charge is -2.11. The molecule has 0 aliphatic rings. The highest BCUT2D eigenvalue weighted by Gasteiger charge is 2.10. The van der Waals surface area contributed by atoms with Gasteiger partial charge in [0.25, 0.3) is 0 Å². The average molecular weight is 310 g/mol. The van der Waals surface area contributed by atoms with Crippen molar-refractivity contribution in [1.29, 1.82) is 0 Å². The number of hydrogen-bond donors (Lipinski definition) is 3. The second-order valence-electron chi connectivity index (χ2n) is 5.65. The van der Waals surface area contributed by atoms with E-state index in [9.17, 15) is 5.11 Å². The molecule has 0 atom stereocenters. The summed E-state index contributed by atoms with van der Waals surface area (Å²) in [6.07, 6.45) is 9.64. The molecule has 0 aromatic carbocycles. The van der Waals surface area contributed by atoms with Crippen molar-refractivity contribution >= 4 is 0 Å². The number of aliphatic hydroxyl groups is 1. The Kier molecular flexibility index (Phi) is 9.79. The number of nitrogens with two attached hydrogens (primary N) is 1. The molecule has 1 rings (SSSR count). The lowest BCUT2D eigenvalue weighted by molar-refractivity contribution is 0.115. The predicted octanol–water partition coefficient (Wildman–Crippen LogP) is 2.79. The van der Waals surface area contributed by atoms with Gasteiger partial charge in [-0.1, -0.05) is 32.1 Å². The van der Waals surface area contributed by atoms with Crippen LogP contribution in [0.25, 0.3) is 0 Å². The Labute approximate surface area is 133 Å². The number of hydrogen-bond acceptors (Lipinski definition) is 5. The molecule has 0 fully saturated rings. The number of ether oxygens (including phenoxy) is 1. The van der Waals surface area contributed by atoms with Crippen LogP contribution in [0.2, 0.25) is 0 Å². The van der Waals surface area contributed by atoms with Gasteiger partial charge < -0.3 is 20.7 Å². The minimum Gasteiger partial charge on any atom is -0.506 e. The molecule has 1 aromatic rings. The largest absolute Gasteiger partial charge is 0.506 e. The summed E-state index contributed by atoms with van der Waals surface area (Å²) in [6.45, 7) is 3.53. The summed E-state index contributed by atoms with van der Waals surface area (Å²) in [4.78, 5) is 4.15. The number of unbranched alkanes of at least 4 members (excludes halogenated alkanes) is 6. The zero-order chi connectivity index (χ0) is 16.2. The maximum atomic E-state index is 9.93. The summed E-state index contributed by atoms with van der Waals surface area (Å²) in [6, 6.07) is 0. The fourth-order valence-electron chi connectivity index (χ4n) is 2.42. The number of aromatic nitrogens is 1. The van der Waals surface area contributed by atoms with Crippen molar-refractivity contribution in [3.05, 3.63) is 23.0 Å². The molecule has 1 aromatic heterocycles. The van der Waals surface area contributed by atoms with Crippen molar-refractivity contribution in [2.24, 2.45) is 5.73 Å². The number of aliphatic hydroxyl groups excluding tert-OH is 1. The van der Waals surface area contributed by atoms with Crippen molar-refractivity contribution in [3.8, 4) is 5.75 Å². The topological polar surface area (TPSA) is 88.6 Å². The van der Waals surface area contributed by atoms with Crippen LogP contribution in [-0.4, -0.2) is 28.4 Å². The van der Waals surface area contributed by atoms with Crippen molar-refractivity contribution in [3.63, 3.8) is 0 Å². The van der Waals surface area contributed by atoms with Crippen LogP contribution in [0.15, 0.2) is 6.20 Å². The van der Waals surface area contributed by atoms with Gasteiger partial charge in [0, 0.05) is 37.1 Å². The smallest absolute Gasteiger partial charge is 0.141 e. The molecule has 0 spiro atoms. The molecule has 0 unspecified atom stereocenters. The first-order valence-electron chi connectivity index (χ1n) is 8.25. The standard InChI is InChI=1S/C17H30N2O3/c1-14-17(21)16(11-18)15(12-19-14)13-22-10-8-6-4-2-3-5-7-9-20/h12,20-21H,2-11,13,18H2,1H3. The van der Waals surface area contributed by atoms with E-state index < -0.39 is 0 Å². The number of aromatic hydroxyl groups is 1.